The Morgan fingerprint density at radius 1 is 0.838 bits per heavy atom. The quantitative estimate of drug-likeness (QED) is 0.139. The van der Waals surface area contributed by atoms with Crippen LogP contribution in [-0.2, 0) is 38.1 Å². The molecule has 0 bridgehead atoms. The van der Waals surface area contributed by atoms with Crippen molar-refractivity contribution in [1.82, 2.24) is 0 Å². The summed E-state index contributed by atoms with van der Waals surface area (Å²) in [6.07, 6.45) is -10.8. The van der Waals surface area contributed by atoms with E-state index in [1.807, 2.05) is 0 Å². The van der Waals surface area contributed by atoms with Gasteiger partial charge < -0.3 is 33.9 Å². The van der Waals surface area contributed by atoms with Crippen LogP contribution in [0.15, 0.2) is 15.3 Å². The minimum Gasteiger partial charge on any atom is -0.459 e. The Bertz CT molecular complexity index is 1010. The summed E-state index contributed by atoms with van der Waals surface area (Å²) in [6.45, 7) is 2.37. The summed E-state index contributed by atoms with van der Waals surface area (Å²) in [7, 11) is 0. The van der Waals surface area contributed by atoms with Crippen molar-refractivity contribution in [1.29, 1.82) is 0 Å². The Labute approximate surface area is 208 Å². The van der Waals surface area contributed by atoms with Crippen LogP contribution in [-0.4, -0.2) is 95.8 Å². The smallest absolute Gasteiger partial charge is 0.303 e. The van der Waals surface area contributed by atoms with E-state index >= 15 is 0 Å². The predicted molar refractivity (Wildman–Crippen MR) is 117 cm³/mol. The number of ether oxygens (including phenoxy) is 5. The van der Waals surface area contributed by atoms with Gasteiger partial charge in [0.2, 0.25) is 0 Å². The Morgan fingerprint density at radius 3 is 1.81 bits per heavy atom. The highest BCUT2D eigenvalue weighted by Gasteiger charge is 2.53. The molecule has 0 amide bonds. The van der Waals surface area contributed by atoms with Gasteiger partial charge in [0.05, 0.1) is 18.7 Å². The topological polar surface area (TPSA) is 284 Å². The summed E-state index contributed by atoms with van der Waals surface area (Å²) in [6, 6.07) is -3.88. The van der Waals surface area contributed by atoms with E-state index in [4.69, 9.17) is 40.3 Å². The maximum absolute atomic E-state index is 11.9. The first-order valence-electron chi connectivity index (χ1n) is 10.8. The van der Waals surface area contributed by atoms with Gasteiger partial charge in [0.1, 0.15) is 36.6 Å². The maximum atomic E-state index is 11.9. The van der Waals surface area contributed by atoms with Crippen LogP contribution < -0.4 is 0 Å². The van der Waals surface area contributed by atoms with E-state index in [2.05, 4.69) is 30.1 Å². The molecule has 1 saturated carbocycles. The van der Waals surface area contributed by atoms with E-state index in [0.717, 1.165) is 20.8 Å². The number of esters is 3. The van der Waals surface area contributed by atoms with Crippen molar-refractivity contribution in [2.24, 2.45) is 15.3 Å². The van der Waals surface area contributed by atoms with Gasteiger partial charge in [-0.2, -0.15) is 0 Å². The highest BCUT2D eigenvalue weighted by Crippen LogP contribution is 2.36. The van der Waals surface area contributed by atoms with Crippen LogP contribution >= 0.6 is 0 Å². The highest BCUT2D eigenvalue weighted by atomic mass is 16.7. The minimum absolute atomic E-state index is 0.229. The third-order valence-electron chi connectivity index (χ3n) is 5.49. The van der Waals surface area contributed by atoms with Gasteiger partial charge in [0.15, 0.2) is 12.4 Å². The molecule has 202 valence electrons. The average Bonchev–Trinajstić information content (AvgIpc) is 2.81. The fourth-order valence-corrected chi connectivity index (χ4v) is 4.16. The van der Waals surface area contributed by atoms with Crippen molar-refractivity contribution < 1.29 is 48.3 Å². The van der Waals surface area contributed by atoms with Crippen LogP contribution in [0.3, 0.4) is 0 Å². The number of hydrogen-bond donors (Lipinski definition) is 2. The molecule has 2 N–H and O–H groups in total. The van der Waals surface area contributed by atoms with Crippen LogP contribution in [0.4, 0.5) is 0 Å². The van der Waals surface area contributed by atoms with Gasteiger partial charge in [-0.05, 0) is 23.0 Å². The third kappa shape index (κ3) is 7.34. The zero-order valence-corrected chi connectivity index (χ0v) is 19.9. The molecule has 1 saturated heterocycles. The van der Waals surface area contributed by atoms with Gasteiger partial charge >= 0.3 is 17.9 Å². The second-order valence-electron chi connectivity index (χ2n) is 8.01. The normalized spacial score (nSPS) is 34.9. The van der Waals surface area contributed by atoms with Gasteiger partial charge in [-0.1, -0.05) is 15.3 Å². The predicted octanol–water partition coefficient (Wildman–Crippen LogP) is 0.685. The Kier molecular flexibility index (Phi) is 10.7. The van der Waals surface area contributed by atoms with Crippen molar-refractivity contribution in [2.45, 2.75) is 88.2 Å². The molecule has 0 aromatic rings. The largest absolute Gasteiger partial charge is 0.459 e. The first-order chi connectivity index (χ1) is 17.6. The van der Waals surface area contributed by atoms with E-state index in [9.17, 15) is 24.6 Å². The van der Waals surface area contributed by atoms with E-state index in [0.29, 0.717) is 0 Å². The highest BCUT2D eigenvalue weighted by molar-refractivity contribution is 5.67. The summed E-state index contributed by atoms with van der Waals surface area (Å²) in [5.74, 6) is -2.54. The molecule has 0 aromatic carbocycles. The average molecular weight is 527 g/mol. The molecular weight excluding hydrogens is 502 g/mol. The third-order valence-corrected chi connectivity index (χ3v) is 5.49. The first kappa shape index (κ1) is 29.4. The van der Waals surface area contributed by atoms with Gasteiger partial charge in [0, 0.05) is 35.5 Å². The SMILES string of the molecule is CC(=O)O[C@@H]1[C@@H](OC(C)=O)[C@H](N=[N+]=[N-])C[C@H](N=[N+]=[N-])[C@H]1O[C@H]1O[C@H](CO)[C@@H](O)[C@H](OC(C)=O)[C@H]1N=[N+]=[N-]. The van der Waals surface area contributed by atoms with Crippen molar-refractivity contribution in [3.8, 4) is 0 Å². The number of azide groups is 3. The molecular formula is C18H25N9O10. The number of aliphatic hydroxyl groups is 2. The van der Waals surface area contributed by atoms with E-state index < -0.39 is 85.6 Å². The van der Waals surface area contributed by atoms with E-state index in [-0.39, 0.29) is 6.42 Å². The van der Waals surface area contributed by atoms with Crippen LogP contribution in [0, 0.1) is 0 Å². The fourth-order valence-electron chi connectivity index (χ4n) is 4.16. The van der Waals surface area contributed by atoms with Crippen LogP contribution in [0.5, 0.6) is 0 Å². The monoisotopic (exact) mass is 527 g/mol. The number of aliphatic hydroxyl groups excluding tert-OH is 2. The van der Waals surface area contributed by atoms with Gasteiger partial charge in [-0.25, -0.2) is 0 Å². The molecule has 2 aliphatic rings. The summed E-state index contributed by atoms with van der Waals surface area (Å²) < 4.78 is 27.2. The maximum Gasteiger partial charge on any atom is 0.303 e. The van der Waals surface area contributed by atoms with Crippen LogP contribution in [0.1, 0.15) is 27.2 Å². The number of carbonyl (C=O) groups is 3. The Balaban J connectivity index is 2.59. The molecule has 0 radical (unpaired) electrons. The molecule has 19 heteroatoms. The van der Waals surface area contributed by atoms with E-state index in [1.165, 1.54) is 0 Å². The summed E-state index contributed by atoms with van der Waals surface area (Å²) in [4.78, 5) is 43.5. The zero-order valence-electron chi connectivity index (χ0n) is 19.9. The van der Waals surface area contributed by atoms with E-state index in [1.54, 1.807) is 0 Å². The van der Waals surface area contributed by atoms with Crippen molar-refractivity contribution in [3.05, 3.63) is 31.3 Å². The molecule has 1 aliphatic carbocycles. The molecule has 0 spiro atoms. The molecule has 10 atom stereocenters. The second kappa shape index (κ2) is 13.5. The molecule has 2 fully saturated rings. The molecule has 37 heavy (non-hydrogen) atoms. The number of nitrogens with zero attached hydrogens (tertiary/aromatic N) is 9. The first-order valence-corrected chi connectivity index (χ1v) is 10.8. The zero-order chi connectivity index (χ0) is 27.7. The summed E-state index contributed by atoms with van der Waals surface area (Å²) in [5, 5.41) is 30.9. The summed E-state index contributed by atoms with van der Waals surface area (Å²) in [5.41, 5.74) is 27.2. The van der Waals surface area contributed by atoms with Crippen LogP contribution in [0.2, 0.25) is 0 Å². The van der Waals surface area contributed by atoms with Crippen molar-refractivity contribution in [2.75, 3.05) is 6.61 Å². The number of rotatable bonds is 9. The minimum atomic E-state index is -1.66. The number of hydrogen-bond acceptors (Lipinski definition) is 13. The standard InChI is InChI=1S/C18H25N9O10/c1-6(29)33-14-9(22-25-19)4-10(23-26-20)15(17(14)35-8(3)31)37-18-12(24-27-21)16(34-7(2)30)13(32)11(5-28)36-18/h9-18,28,32H,4-5H2,1-3H3/t9-,10+,11-,12-,13-,14+,15-,16-,17-,18-/m1/s1. The molecule has 19 nitrogen and oxygen atoms in total. The molecule has 0 unspecified atom stereocenters. The van der Waals surface area contributed by atoms with Gasteiger partial charge in [0.25, 0.3) is 0 Å². The van der Waals surface area contributed by atoms with Gasteiger partial charge in [-0.3, -0.25) is 14.4 Å². The molecule has 0 aromatic heterocycles. The lowest BCUT2D eigenvalue weighted by Crippen LogP contribution is -2.64. The molecule has 1 aliphatic heterocycles. The lowest BCUT2D eigenvalue weighted by molar-refractivity contribution is -0.296. The lowest BCUT2D eigenvalue weighted by atomic mass is 9.84. The summed E-state index contributed by atoms with van der Waals surface area (Å²) >= 11 is 0. The van der Waals surface area contributed by atoms with Crippen LogP contribution in [0.25, 0.3) is 31.3 Å². The van der Waals surface area contributed by atoms with Crippen molar-refractivity contribution >= 4 is 17.9 Å². The number of carbonyl (C=O) groups excluding carboxylic acids is 3. The fraction of sp³-hybridized carbons (Fsp3) is 0.833. The van der Waals surface area contributed by atoms with Gasteiger partial charge in [-0.15, -0.1) is 0 Å². The molecule has 1 heterocycles. The second-order valence-corrected chi connectivity index (χ2v) is 8.01. The Hall–Kier alpha value is -3.82. The lowest BCUT2D eigenvalue weighted by Gasteiger charge is -2.47. The van der Waals surface area contributed by atoms with Crippen molar-refractivity contribution in [3.63, 3.8) is 0 Å². The molecule has 2 rings (SSSR count). The Morgan fingerprint density at radius 2 is 1.32 bits per heavy atom.